The van der Waals surface area contributed by atoms with Crippen LogP contribution in [0.5, 0.6) is 0 Å². The Balaban J connectivity index is 1.23. The fourth-order valence-electron chi connectivity index (χ4n) is 10.7. The lowest BCUT2D eigenvalue weighted by atomic mass is 9.89. The summed E-state index contributed by atoms with van der Waals surface area (Å²) in [4.78, 5) is 0. The first-order valence-electron chi connectivity index (χ1n) is 24.0. The minimum absolute atomic E-state index is 0.0159. The highest BCUT2D eigenvalue weighted by Gasteiger charge is 2.43. The number of hydrogen-bond acceptors (Lipinski definition) is 1. The van der Waals surface area contributed by atoms with Crippen LogP contribution in [0.15, 0.2) is 176 Å². The molecule has 9 aromatic carbocycles. The number of nitriles is 1. The number of aromatic nitrogens is 2. The topological polar surface area (TPSA) is 33.6 Å². The van der Waals surface area contributed by atoms with Gasteiger partial charge in [-0.05, 0) is 125 Å². The van der Waals surface area contributed by atoms with Gasteiger partial charge in [0.15, 0.2) is 0 Å². The van der Waals surface area contributed by atoms with Crippen LogP contribution in [0.1, 0.15) is 38.9 Å². The number of rotatable bonds is 6. The quantitative estimate of drug-likeness (QED) is 0.153. The van der Waals surface area contributed by atoms with E-state index in [-0.39, 0.29) is 84.2 Å². The van der Waals surface area contributed by atoms with E-state index in [1.165, 1.54) is 75.9 Å². The molecule has 0 N–H and O–H groups in total. The van der Waals surface area contributed by atoms with Gasteiger partial charge in [0.05, 0.1) is 78.5 Å². The zero-order chi connectivity index (χ0) is 58.8. The van der Waals surface area contributed by atoms with Crippen LogP contribution in [0, 0.1) is 11.3 Å². The smallest absolute Gasteiger partial charge is 0.309 e. The molecule has 0 fully saturated rings. The second-order valence-corrected chi connectivity index (χ2v) is 18.9. The summed E-state index contributed by atoms with van der Waals surface area (Å²) in [6.07, 6.45) is -31.6. The molecule has 11 rings (SSSR count). The van der Waals surface area contributed by atoms with Crippen molar-refractivity contribution in [1.29, 1.82) is 5.26 Å². The number of alkyl halides is 18. The Labute approximate surface area is 449 Å². The van der Waals surface area contributed by atoms with Crippen LogP contribution in [0.2, 0.25) is 0 Å². The van der Waals surface area contributed by atoms with E-state index >= 15 is 26.3 Å². The maximum Gasteiger partial charge on any atom is 0.417 e. The first-order chi connectivity index (χ1) is 38.4. The largest absolute Gasteiger partial charge is 0.417 e. The number of hydrogen-bond donors (Lipinski definition) is 0. The number of nitrogens with zero attached hydrogens (tertiary/aromatic N) is 3. The second kappa shape index (κ2) is 19.0. The van der Waals surface area contributed by atoms with Gasteiger partial charge in [-0.3, -0.25) is 0 Å². The summed E-state index contributed by atoms with van der Waals surface area (Å²) in [5, 5.41) is 12.0. The average Bonchev–Trinajstić information content (AvgIpc) is 2.34. The molecule has 3 nitrogen and oxygen atoms in total. The number of benzene rings is 9. The van der Waals surface area contributed by atoms with E-state index in [9.17, 15) is 57.9 Å². The van der Waals surface area contributed by atoms with Crippen LogP contribution in [0.4, 0.5) is 79.0 Å². The third-order valence-electron chi connectivity index (χ3n) is 14.1. The zero-order valence-electron chi connectivity index (χ0n) is 40.9. The third-order valence-corrected chi connectivity index (χ3v) is 14.1. The summed E-state index contributed by atoms with van der Waals surface area (Å²) in [6, 6.07) is 33.2. The minimum atomic E-state index is -5.39. The summed E-state index contributed by atoms with van der Waals surface area (Å²) in [5.41, 5.74) is -13.1. The molecule has 0 radical (unpaired) electrons. The third kappa shape index (κ3) is 9.38. The van der Waals surface area contributed by atoms with Gasteiger partial charge in [0, 0.05) is 38.2 Å². The van der Waals surface area contributed by atoms with Crippen molar-refractivity contribution in [3.8, 4) is 62.0 Å². The Bertz CT molecular complexity index is 4410. The van der Waals surface area contributed by atoms with Crippen LogP contribution in [-0.2, 0) is 37.1 Å². The molecule has 0 amide bonds. The van der Waals surface area contributed by atoms with Crippen LogP contribution < -0.4 is 0 Å². The van der Waals surface area contributed by atoms with Crippen molar-refractivity contribution in [2.75, 3.05) is 0 Å². The SMILES string of the molecule is N#Cc1cccc(-n2c3ccccc3c3cc(-c4ccc(C(F)(F)F)cc4C(F)(F)F)ccc32)c1-c1cc(-c2c(C(F)(F)F)cccc2C(F)(F)F)ccc1-n1c2ccccc2c2cc(-c3ccc(C(F)(F)F)cc3C(F)(F)F)ccc21. The Morgan fingerprint density at radius 2 is 0.707 bits per heavy atom. The number of halogens is 18. The van der Waals surface area contributed by atoms with E-state index < -0.39 is 92.7 Å². The molecule has 82 heavy (non-hydrogen) atoms. The molecule has 0 aliphatic rings. The van der Waals surface area contributed by atoms with Crippen molar-refractivity contribution >= 4 is 43.6 Å². The summed E-state index contributed by atoms with van der Waals surface area (Å²) in [7, 11) is 0. The van der Waals surface area contributed by atoms with Gasteiger partial charge in [-0.25, -0.2) is 0 Å². The maximum absolute atomic E-state index is 15.0. The molecule has 0 saturated heterocycles. The summed E-state index contributed by atoms with van der Waals surface area (Å²) >= 11 is 0. The van der Waals surface area contributed by atoms with Crippen LogP contribution in [0.25, 0.3) is 99.5 Å². The predicted molar refractivity (Wildman–Crippen MR) is 272 cm³/mol. The average molecular weight is 1150 g/mol. The van der Waals surface area contributed by atoms with Gasteiger partial charge in [0.25, 0.3) is 0 Å². The van der Waals surface area contributed by atoms with Crippen LogP contribution in [0.3, 0.4) is 0 Å². The first-order valence-corrected chi connectivity index (χ1v) is 24.0. The van der Waals surface area contributed by atoms with E-state index in [0.29, 0.717) is 53.2 Å². The van der Waals surface area contributed by atoms with Crippen molar-refractivity contribution in [2.24, 2.45) is 0 Å². The van der Waals surface area contributed by atoms with Crippen molar-refractivity contribution in [3.05, 3.63) is 215 Å². The molecule has 0 atom stereocenters. The highest BCUT2D eigenvalue weighted by Crippen LogP contribution is 2.50. The van der Waals surface area contributed by atoms with E-state index in [2.05, 4.69) is 6.07 Å². The predicted octanol–water partition coefficient (Wildman–Crippen LogP) is 20.5. The molecule has 2 aromatic heterocycles. The van der Waals surface area contributed by atoms with E-state index in [4.69, 9.17) is 0 Å². The Hall–Kier alpha value is -9.19. The van der Waals surface area contributed by atoms with Crippen molar-refractivity contribution in [3.63, 3.8) is 0 Å². The van der Waals surface area contributed by atoms with Crippen LogP contribution in [-0.4, -0.2) is 9.13 Å². The van der Waals surface area contributed by atoms with Gasteiger partial charge in [-0.1, -0.05) is 78.9 Å². The highest BCUT2D eigenvalue weighted by atomic mass is 19.4. The molecule has 21 heteroatoms. The first kappa shape index (κ1) is 54.8. The Kier molecular flexibility index (Phi) is 12.7. The lowest BCUT2D eigenvalue weighted by Crippen LogP contribution is -2.14. The summed E-state index contributed by atoms with van der Waals surface area (Å²) < 4.78 is 263. The second-order valence-electron chi connectivity index (χ2n) is 18.9. The normalized spacial score (nSPS) is 13.0. The molecular formula is C61H29F18N3. The summed E-state index contributed by atoms with van der Waals surface area (Å²) in [5.74, 6) is 0. The molecule has 0 bridgehead atoms. The fraction of sp³-hybridized carbons (Fsp3) is 0.0984. The van der Waals surface area contributed by atoms with Gasteiger partial charge in [-0.2, -0.15) is 84.3 Å². The van der Waals surface area contributed by atoms with Gasteiger partial charge in [0.2, 0.25) is 0 Å². The lowest BCUT2D eigenvalue weighted by molar-refractivity contribution is -0.144. The number of fused-ring (bicyclic) bond motifs is 6. The Morgan fingerprint density at radius 3 is 1.15 bits per heavy atom. The zero-order valence-corrected chi connectivity index (χ0v) is 40.9. The molecule has 11 aromatic rings. The molecule has 0 aliphatic carbocycles. The van der Waals surface area contributed by atoms with Gasteiger partial charge < -0.3 is 9.13 Å². The standard InChI is InChI=1S/C61H29F18N3/c62-56(63,64)35-18-20-37(46(28-35)60(74,75)76)31-15-22-50-41(25-31)39-8-1-3-12-48(39)81(50)52-24-17-33(55-44(58(68,69)70)10-6-11-45(55)59(71,72)73)27-43(52)54-34(30-80)7-5-14-53(54)82-49-13-4-2-9-40(49)42-26-32(16-23-51(42)82)38-21-19-36(57(65,66)67)29-47(38)61(77,78)79/h1-29H. The molecule has 0 unspecified atom stereocenters. The Morgan fingerprint density at radius 1 is 0.293 bits per heavy atom. The molecule has 414 valence electrons. The van der Waals surface area contributed by atoms with Crippen molar-refractivity contribution in [1.82, 2.24) is 9.13 Å². The van der Waals surface area contributed by atoms with E-state index in [1.807, 2.05) is 0 Å². The number of para-hydroxylation sites is 2. The molecule has 2 heterocycles. The maximum atomic E-state index is 15.0. The highest BCUT2D eigenvalue weighted by molar-refractivity contribution is 6.13. The van der Waals surface area contributed by atoms with Gasteiger partial charge >= 0.3 is 37.1 Å². The lowest BCUT2D eigenvalue weighted by Gasteiger charge is -2.23. The fourth-order valence-corrected chi connectivity index (χ4v) is 10.7. The van der Waals surface area contributed by atoms with Gasteiger partial charge in [0.1, 0.15) is 0 Å². The van der Waals surface area contributed by atoms with E-state index in [1.54, 1.807) is 42.5 Å². The monoisotopic (exact) mass is 1150 g/mol. The minimum Gasteiger partial charge on any atom is -0.309 e. The van der Waals surface area contributed by atoms with Crippen molar-refractivity contribution < 1.29 is 79.0 Å². The van der Waals surface area contributed by atoms with Crippen LogP contribution >= 0.6 is 0 Å². The molecule has 0 saturated carbocycles. The molecule has 0 spiro atoms. The van der Waals surface area contributed by atoms with E-state index in [0.717, 1.165) is 12.1 Å². The van der Waals surface area contributed by atoms with Gasteiger partial charge in [-0.15, -0.1) is 0 Å². The summed E-state index contributed by atoms with van der Waals surface area (Å²) in [6.45, 7) is 0. The molecular weight excluding hydrogens is 1120 g/mol. The van der Waals surface area contributed by atoms with Crippen molar-refractivity contribution in [2.45, 2.75) is 37.1 Å². The molecule has 0 aliphatic heterocycles.